The van der Waals surface area contributed by atoms with Gasteiger partial charge in [-0.15, -0.1) is 10.2 Å². The van der Waals surface area contributed by atoms with Crippen LogP contribution in [0.4, 0.5) is 0 Å². The van der Waals surface area contributed by atoms with Crippen LogP contribution in [-0.4, -0.2) is 47.6 Å². The average molecular weight is 335 g/mol. The molecule has 1 aliphatic heterocycles. The van der Waals surface area contributed by atoms with Crippen molar-refractivity contribution < 1.29 is 12.8 Å². The van der Waals surface area contributed by atoms with E-state index >= 15 is 0 Å². The second-order valence-corrected chi connectivity index (χ2v) is 8.22. The van der Waals surface area contributed by atoms with Gasteiger partial charge in [-0.05, 0) is 32.0 Å². The normalized spacial score (nSPS) is 20.2. The molecule has 2 heterocycles. The fourth-order valence-electron chi connectivity index (χ4n) is 2.95. The quantitative estimate of drug-likeness (QED) is 0.832. The molecule has 0 amide bonds. The summed E-state index contributed by atoms with van der Waals surface area (Å²) in [4.78, 5) is 2.10. The minimum Gasteiger partial charge on any atom is -0.419 e. The average Bonchev–Trinajstić information content (AvgIpc) is 3.11. The summed E-state index contributed by atoms with van der Waals surface area (Å²) in [6, 6.07) is 7.94. The second kappa shape index (κ2) is 6.41. The second-order valence-electron chi connectivity index (χ2n) is 5.99. The molecule has 1 fully saturated rings. The molecule has 0 spiro atoms. The Morgan fingerprint density at radius 1 is 1.35 bits per heavy atom. The van der Waals surface area contributed by atoms with Crippen molar-refractivity contribution in [1.82, 2.24) is 15.1 Å². The molecule has 1 aromatic carbocycles. The van der Waals surface area contributed by atoms with Crippen LogP contribution in [0.3, 0.4) is 0 Å². The van der Waals surface area contributed by atoms with E-state index in [9.17, 15) is 8.42 Å². The van der Waals surface area contributed by atoms with Crippen molar-refractivity contribution in [1.29, 1.82) is 0 Å². The van der Waals surface area contributed by atoms with Gasteiger partial charge in [0.25, 0.3) is 0 Å². The molecule has 1 aliphatic rings. The van der Waals surface area contributed by atoms with E-state index in [2.05, 4.69) is 15.1 Å². The van der Waals surface area contributed by atoms with Crippen LogP contribution in [0.15, 0.2) is 28.7 Å². The van der Waals surface area contributed by atoms with Crippen molar-refractivity contribution in [2.75, 3.05) is 18.1 Å². The molecule has 0 radical (unpaired) electrons. The third kappa shape index (κ3) is 3.79. The summed E-state index contributed by atoms with van der Waals surface area (Å²) in [5.74, 6) is 1.51. The smallest absolute Gasteiger partial charge is 0.247 e. The van der Waals surface area contributed by atoms with Crippen LogP contribution < -0.4 is 0 Å². The molecule has 0 aliphatic carbocycles. The maximum Gasteiger partial charge on any atom is 0.247 e. The van der Waals surface area contributed by atoms with E-state index in [0.717, 1.165) is 17.7 Å². The monoisotopic (exact) mass is 335 g/mol. The highest BCUT2D eigenvalue weighted by molar-refractivity contribution is 7.91. The van der Waals surface area contributed by atoms with E-state index in [-0.39, 0.29) is 17.5 Å². The highest BCUT2D eigenvalue weighted by atomic mass is 32.2. The molecule has 1 aromatic heterocycles. The van der Waals surface area contributed by atoms with E-state index in [1.165, 1.54) is 0 Å². The molecule has 1 saturated heterocycles. The summed E-state index contributed by atoms with van der Waals surface area (Å²) in [5, 5.41) is 8.22. The van der Waals surface area contributed by atoms with Gasteiger partial charge in [0.05, 0.1) is 18.1 Å². The summed E-state index contributed by atoms with van der Waals surface area (Å²) in [6.07, 6.45) is 0.676. The van der Waals surface area contributed by atoms with Gasteiger partial charge in [0.1, 0.15) is 0 Å². The standard InChI is InChI=1S/C16H21N3O3S/c1-3-19(14-7-8-23(20,21)11-14)10-15-17-18-16(22-15)13-6-4-5-12(2)9-13/h4-6,9,14H,3,7-8,10-11H2,1-2H3. The van der Waals surface area contributed by atoms with E-state index < -0.39 is 9.84 Å². The molecule has 1 atom stereocenters. The van der Waals surface area contributed by atoms with Gasteiger partial charge < -0.3 is 4.42 Å². The van der Waals surface area contributed by atoms with E-state index in [1.54, 1.807) is 0 Å². The largest absolute Gasteiger partial charge is 0.419 e. The maximum atomic E-state index is 11.7. The minimum absolute atomic E-state index is 0.0410. The van der Waals surface area contributed by atoms with Crippen molar-refractivity contribution in [3.05, 3.63) is 35.7 Å². The molecule has 2 aromatic rings. The van der Waals surface area contributed by atoms with Crippen molar-refractivity contribution in [3.8, 4) is 11.5 Å². The molecule has 124 valence electrons. The van der Waals surface area contributed by atoms with Crippen LogP contribution in [-0.2, 0) is 16.4 Å². The summed E-state index contributed by atoms with van der Waals surface area (Å²) in [5.41, 5.74) is 2.03. The number of hydrogen-bond donors (Lipinski definition) is 0. The van der Waals surface area contributed by atoms with Crippen LogP contribution in [0.2, 0.25) is 0 Å². The lowest BCUT2D eigenvalue weighted by Crippen LogP contribution is -2.35. The number of aryl methyl sites for hydroxylation is 1. The molecule has 0 saturated carbocycles. The Hall–Kier alpha value is -1.73. The zero-order valence-electron chi connectivity index (χ0n) is 13.4. The van der Waals surface area contributed by atoms with Crippen molar-refractivity contribution in [2.24, 2.45) is 0 Å². The van der Waals surface area contributed by atoms with Crippen LogP contribution in [0, 0.1) is 6.92 Å². The first-order chi connectivity index (χ1) is 11.0. The first-order valence-electron chi connectivity index (χ1n) is 7.81. The molecular formula is C16H21N3O3S. The Morgan fingerprint density at radius 2 is 2.17 bits per heavy atom. The molecule has 23 heavy (non-hydrogen) atoms. The first kappa shape index (κ1) is 16.1. The third-order valence-electron chi connectivity index (χ3n) is 4.20. The Balaban J connectivity index is 1.73. The Bertz CT molecular complexity index is 785. The van der Waals surface area contributed by atoms with Crippen molar-refractivity contribution in [3.63, 3.8) is 0 Å². The number of aromatic nitrogens is 2. The molecule has 3 rings (SSSR count). The first-order valence-corrected chi connectivity index (χ1v) is 9.63. The van der Waals surface area contributed by atoms with Crippen LogP contribution in [0.5, 0.6) is 0 Å². The predicted molar refractivity (Wildman–Crippen MR) is 87.6 cm³/mol. The van der Waals surface area contributed by atoms with Gasteiger partial charge in [0.15, 0.2) is 9.84 Å². The lowest BCUT2D eigenvalue weighted by Gasteiger charge is -2.24. The molecule has 6 nitrogen and oxygen atoms in total. The number of nitrogens with zero attached hydrogens (tertiary/aromatic N) is 3. The van der Waals surface area contributed by atoms with Gasteiger partial charge in [0, 0.05) is 11.6 Å². The number of hydrogen-bond acceptors (Lipinski definition) is 6. The highest BCUT2D eigenvalue weighted by Gasteiger charge is 2.32. The lowest BCUT2D eigenvalue weighted by molar-refractivity contribution is 0.195. The highest BCUT2D eigenvalue weighted by Crippen LogP contribution is 2.22. The predicted octanol–water partition coefficient (Wildman–Crippen LogP) is 2.05. The topological polar surface area (TPSA) is 76.3 Å². The van der Waals surface area contributed by atoms with Gasteiger partial charge in [-0.1, -0.05) is 24.6 Å². The van der Waals surface area contributed by atoms with E-state index in [1.807, 2.05) is 38.1 Å². The van der Waals surface area contributed by atoms with Crippen molar-refractivity contribution in [2.45, 2.75) is 32.9 Å². The maximum absolute atomic E-state index is 11.7. The van der Waals surface area contributed by atoms with E-state index in [4.69, 9.17) is 4.42 Å². The van der Waals surface area contributed by atoms with Gasteiger partial charge >= 0.3 is 0 Å². The van der Waals surface area contributed by atoms with Gasteiger partial charge in [-0.3, -0.25) is 4.90 Å². The van der Waals surface area contributed by atoms with Gasteiger partial charge in [-0.2, -0.15) is 0 Å². The molecule has 0 bridgehead atoms. The van der Waals surface area contributed by atoms with Crippen molar-refractivity contribution >= 4 is 9.84 Å². The fourth-order valence-corrected chi connectivity index (χ4v) is 4.71. The zero-order valence-corrected chi connectivity index (χ0v) is 14.2. The number of benzene rings is 1. The Labute approximate surface area is 136 Å². The van der Waals surface area contributed by atoms with Crippen LogP contribution >= 0.6 is 0 Å². The Kier molecular flexibility index (Phi) is 4.50. The lowest BCUT2D eigenvalue weighted by atomic mass is 10.1. The van der Waals surface area contributed by atoms with Gasteiger partial charge in [-0.25, -0.2) is 8.42 Å². The summed E-state index contributed by atoms with van der Waals surface area (Å²) in [6.45, 7) is 5.26. The van der Waals surface area contributed by atoms with E-state index in [0.29, 0.717) is 24.7 Å². The number of sulfone groups is 1. The van der Waals surface area contributed by atoms with Gasteiger partial charge in [0.2, 0.25) is 11.8 Å². The molecular weight excluding hydrogens is 314 g/mol. The van der Waals surface area contributed by atoms with Crippen LogP contribution in [0.1, 0.15) is 24.8 Å². The fraction of sp³-hybridized carbons (Fsp3) is 0.500. The van der Waals surface area contributed by atoms with Crippen LogP contribution in [0.25, 0.3) is 11.5 Å². The minimum atomic E-state index is -2.89. The zero-order chi connectivity index (χ0) is 16.4. The summed E-state index contributed by atoms with van der Waals surface area (Å²) in [7, 11) is -2.89. The summed E-state index contributed by atoms with van der Waals surface area (Å²) >= 11 is 0. The molecule has 1 unspecified atom stereocenters. The Morgan fingerprint density at radius 3 is 2.83 bits per heavy atom. The SMILES string of the molecule is CCN(Cc1nnc(-c2cccc(C)c2)o1)C1CCS(=O)(=O)C1. The number of rotatable bonds is 5. The molecule has 0 N–H and O–H groups in total. The third-order valence-corrected chi connectivity index (χ3v) is 5.95. The molecule has 7 heteroatoms. The summed E-state index contributed by atoms with van der Waals surface area (Å²) < 4.78 is 29.1.